The lowest BCUT2D eigenvalue weighted by Crippen LogP contribution is -2.38. The van der Waals surface area contributed by atoms with Crippen molar-refractivity contribution < 1.29 is 5.11 Å². The van der Waals surface area contributed by atoms with Crippen LogP contribution in [-0.4, -0.2) is 34.7 Å². The Balaban J connectivity index is 2.15. The van der Waals surface area contributed by atoms with Crippen molar-refractivity contribution in [3.8, 4) is 0 Å². The second-order valence-electron chi connectivity index (χ2n) is 4.92. The van der Waals surface area contributed by atoms with Gasteiger partial charge in [-0.2, -0.15) is 0 Å². The second-order valence-corrected chi connectivity index (χ2v) is 5.66. The Morgan fingerprint density at radius 1 is 1.59 bits per heavy atom. The number of pyridine rings is 1. The van der Waals surface area contributed by atoms with Gasteiger partial charge in [-0.1, -0.05) is 17.7 Å². The molecule has 0 spiro atoms. The van der Waals surface area contributed by atoms with Gasteiger partial charge in [-0.05, 0) is 32.3 Å². The van der Waals surface area contributed by atoms with Crippen LogP contribution in [0.1, 0.15) is 24.6 Å². The summed E-state index contributed by atoms with van der Waals surface area (Å²) >= 11 is 6.65. The molecular weight excluding hydrogens is 236 g/mol. The first-order valence-electron chi connectivity index (χ1n) is 6.02. The number of aliphatic hydroxyl groups is 1. The molecule has 0 radical (unpaired) electrons. The zero-order valence-corrected chi connectivity index (χ0v) is 11.1. The molecule has 1 saturated heterocycles. The number of hydrogen-bond acceptors (Lipinski definition) is 3. The molecule has 17 heavy (non-hydrogen) atoms. The minimum atomic E-state index is -0.523. The molecular formula is C13H19ClN2O. The van der Waals surface area contributed by atoms with Crippen molar-refractivity contribution in [1.29, 1.82) is 0 Å². The van der Waals surface area contributed by atoms with Crippen LogP contribution in [-0.2, 0) is 5.00 Å². The number of aliphatic hydroxyl groups excluding tert-OH is 1. The van der Waals surface area contributed by atoms with E-state index in [-0.39, 0.29) is 6.61 Å². The molecule has 0 aliphatic carbocycles. The van der Waals surface area contributed by atoms with Crippen molar-refractivity contribution in [2.24, 2.45) is 5.92 Å². The zero-order chi connectivity index (χ0) is 12.5. The molecule has 2 atom stereocenters. The summed E-state index contributed by atoms with van der Waals surface area (Å²) in [4.78, 5) is 5.98. The smallest absolute Gasteiger partial charge is 0.120 e. The number of likely N-dealkylation sites (tertiary alicyclic amines) is 1. The fourth-order valence-corrected chi connectivity index (χ4v) is 2.55. The van der Waals surface area contributed by atoms with Gasteiger partial charge in [0, 0.05) is 37.2 Å². The average molecular weight is 255 g/mol. The van der Waals surface area contributed by atoms with Gasteiger partial charge < -0.3 is 5.11 Å². The van der Waals surface area contributed by atoms with Crippen LogP contribution in [0.5, 0.6) is 0 Å². The summed E-state index contributed by atoms with van der Waals surface area (Å²) in [7, 11) is 0. The Hall–Kier alpha value is -0.640. The summed E-state index contributed by atoms with van der Waals surface area (Å²) in [6.07, 6.45) is 2.85. The molecule has 94 valence electrons. The number of aryl methyl sites for hydroxylation is 1. The van der Waals surface area contributed by atoms with Crippen LogP contribution in [0.25, 0.3) is 0 Å². The predicted octanol–water partition coefficient (Wildman–Crippen LogP) is 2.12. The second kappa shape index (κ2) is 4.92. The number of aromatic nitrogens is 1. The van der Waals surface area contributed by atoms with E-state index in [1.165, 1.54) is 0 Å². The van der Waals surface area contributed by atoms with Gasteiger partial charge in [0.25, 0.3) is 0 Å². The maximum atomic E-state index is 9.17. The van der Waals surface area contributed by atoms with Crippen LogP contribution in [0.3, 0.4) is 0 Å². The predicted molar refractivity (Wildman–Crippen MR) is 68.9 cm³/mol. The Labute approximate surface area is 107 Å². The largest absolute Gasteiger partial charge is 0.396 e. The highest BCUT2D eigenvalue weighted by molar-refractivity contribution is 6.23. The van der Waals surface area contributed by atoms with Crippen LogP contribution in [0.2, 0.25) is 0 Å². The topological polar surface area (TPSA) is 36.4 Å². The van der Waals surface area contributed by atoms with Crippen LogP contribution in [0, 0.1) is 12.8 Å². The van der Waals surface area contributed by atoms with Crippen molar-refractivity contribution in [2.45, 2.75) is 25.3 Å². The first-order chi connectivity index (χ1) is 8.04. The molecule has 3 nitrogen and oxygen atoms in total. The normalized spacial score (nSPS) is 24.8. The number of hydrogen-bond donors (Lipinski definition) is 1. The summed E-state index contributed by atoms with van der Waals surface area (Å²) < 4.78 is 0. The van der Waals surface area contributed by atoms with Gasteiger partial charge in [0.1, 0.15) is 5.00 Å². The van der Waals surface area contributed by atoms with E-state index in [9.17, 15) is 5.11 Å². The van der Waals surface area contributed by atoms with Gasteiger partial charge in [-0.15, -0.1) is 0 Å². The van der Waals surface area contributed by atoms with Crippen molar-refractivity contribution in [3.63, 3.8) is 0 Å². The maximum Gasteiger partial charge on any atom is 0.120 e. The van der Waals surface area contributed by atoms with E-state index in [2.05, 4.69) is 9.88 Å². The molecule has 2 rings (SSSR count). The standard InChI is InChI=1S/C13H19ClN2O/c1-10-3-4-12(7-15-10)13(2,14)16-6-5-11(8-16)9-17/h3-4,7,11,17H,5-6,8-9H2,1-2H3. The third-order valence-corrected chi connectivity index (χ3v) is 4.03. The highest BCUT2D eigenvalue weighted by Crippen LogP contribution is 2.36. The lowest BCUT2D eigenvalue weighted by molar-refractivity contribution is 0.185. The molecule has 0 saturated carbocycles. The minimum Gasteiger partial charge on any atom is -0.396 e. The van der Waals surface area contributed by atoms with Gasteiger partial charge in [0.15, 0.2) is 0 Å². The van der Waals surface area contributed by atoms with E-state index < -0.39 is 5.00 Å². The lowest BCUT2D eigenvalue weighted by Gasteiger charge is -2.33. The molecule has 1 fully saturated rings. The summed E-state index contributed by atoms with van der Waals surface area (Å²) in [6, 6.07) is 4.01. The molecule has 0 amide bonds. The molecule has 0 aromatic carbocycles. The fourth-order valence-electron chi connectivity index (χ4n) is 2.28. The molecule has 1 aliphatic heterocycles. The van der Waals surface area contributed by atoms with E-state index >= 15 is 0 Å². The monoisotopic (exact) mass is 254 g/mol. The van der Waals surface area contributed by atoms with Crippen LogP contribution >= 0.6 is 11.6 Å². The van der Waals surface area contributed by atoms with Crippen LogP contribution in [0.15, 0.2) is 18.3 Å². The SMILES string of the molecule is Cc1ccc(C(C)(Cl)N2CCC(CO)C2)cn1. The first-order valence-corrected chi connectivity index (χ1v) is 6.40. The molecule has 1 aliphatic rings. The highest BCUT2D eigenvalue weighted by atomic mass is 35.5. The summed E-state index contributed by atoms with van der Waals surface area (Å²) in [5, 5.41) is 9.17. The Morgan fingerprint density at radius 2 is 2.35 bits per heavy atom. The van der Waals surface area contributed by atoms with Crippen molar-refractivity contribution in [2.75, 3.05) is 19.7 Å². The van der Waals surface area contributed by atoms with Gasteiger partial charge in [-0.25, -0.2) is 0 Å². The minimum absolute atomic E-state index is 0.246. The van der Waals surface area contributed by atoms with E-state index in [4.69, 9.17) is 11.6 Å². The third-order valence-electron chi connectivity index (χ3n) is 3.58. The number of halogens is 1. The number of alkyl halides is 1. The number of nitrogens with zero attached hydrogens (tertiary/aromatic N) is 2. The number of rotatable bonds is 3. The van der Waals surface area contributed by atoms with Gasteiger partial charge in [0.2, 0.25) is 0 Å². The zero-order valence-electron chi connectivity index (χ0n) is 10.4. The van der Waals surface area contributed by atoms with E-state index in [0.717, 1.165) is 30.8 Å². The fraction of sp³-hybridized carbons (Fsp3) is 0.615. The van der Waals surface area contributed by atoms with Crippen molar-refractivity contribution >= 4 is 11.6 Å². The molecule has 1 N–H and O–H groups in total. The van der Waals surface area contributed by atoms with Crippen molar-refractivity contribution in [3.05, 3.63) is 29.6 Å². The molecule has 2 unspecified atom stereocenters. The highest BCUT2D eigenvalue weighted by Gasteiger charge is 2.36. The van der Waals surface area contributed by atoms with E-state index in [1.54, 1.807) is 0 Å². The van der Waals surface area contributed by atoms with Gasteiger partial charge in [0.05, 0.1) is 0 Å². The molecule has 1 aromatic heterocycles. The first kappa shape index (κ1) is 12.8. The summed E-state index contributed by atoms with van der Waals surface area (Å²) in [6.45, 7) is 5.99. The average Bonchev–Trinajstić information content (AvgIpc) is 2.78. The van der Waals surface area contributed by atoms with E-state index in [1.807, 2.05) is 32.2 Å². The summed E-state index contributed by atoms with van der Waals surface area (Å²) in [5.41, 5.74) is 2.01. The molecule has 0 bridgehead atoms. The van der Waals surface area contributed by atoms with Crippen LogP contribution < -0.4 is 0 Å². The van der Waals surface area contributed by atoms with Gasteiger partial charge >= 0.3 is 0 Å². The van der Waals surface area contributed by atoms with Crippen molar-refractivity contribution in [1.82, 2.24) is 9.88 Å². The van der Waals surface area contributed by atoms with Crippen LogP contribution in [0.4, 0.5) is 0 Å². The Morgan fingerprint density at radius 3 is 2.88 bits per heavy atom. The molecule has 1 aromatic rings. The Kier molecular flexibility index (Phi) is 3.71. The van der Waals surface area contributed by atoms with Gasteiger partial charge in [-0.3, -0.25) is 9.88 Å². The Bertz CT molecular complexity index is 378. The maximum absolute atomic E-state index is 9.17. The quantitative estimate of drug-likeness (QED) is 0.663. The third kappa shape index (κ3) is 2.62. The summed E-state index contributed by atoms with van der Waals surface area (Å²) in [5.74, 6) is 0.353. The molecule has 4 heteroatoms. The van der Waals surface area contributed by atoms with E-state index in [0.29, 0.717) is 5.92 Å². The lowest BCUT2D eigenvalue weighted by atomic mass is 10.1. The molecule has 2 heterocycles.